The molecule has 0 bridgehead atoms. The van der Waals surface area contributed by atoms with E-state index in [0.29, 0.717) is 5.54 Å². The third-order valence-electron chi connectivity index (χ3n) is 4.85. The topological polar surface area (TPSA) is 15.3 Å². The molecular formula is C18H30N2. The van der Waals surface area contributed by atoms with E-state index in [4.69, 9.17) is 0 Å². The fraction of sp³-hybridized carbons (Fsp3) is 0.667. The van der Waals surface area contributed by atoms with Gasteiger partial charge in [-0.25, -0.2) is 0 Å². The number of hydrogen-bond acceptors (Lipinski definition) is 2. The number of likely N-dealkylation sites (N-methyl/N-ethyl adjacent to an activating group) is 1. The molecule has 2 nitrogen and oxygen atoms in total. The van der Waals surface area contributed by atoms with Gasteiger partial charge in [-0.05, 0) is 45.3 Å². The van der Waals surface area contributed by atoms with Crippen LogP contribution in [0.5, 0.6) is 0 Å². The Hall–Kier alpha value is -0.860. The Kier molecular flexibility index (Phi) is 4.87. The van der Waals surface area contributed by atoms with Crippen LogP contribution in [-0.2, 0) is 5.41 Å². The van der Waals surface area contributed by atoms with Crippen molar-refractivity contribution in [3.63, 3.8) is 0 Å². The van der Waals surface area contributed by atoms with E-state index in [9.17, 15) is 0 Å². The molecule has 0 amide bonds. The van der Waals surface area contributed by atoms with Gasteiger partial charge in [0.05, 0.1) is 0 Å². The molecule has 1 unspecified atom stereocenters. The molecule has 1 aromatic carbocycles. The Morgan fingerprint density at radius 2 is 1.95 bits per heavy atom. The largest absolute Gasteiger partial charge is 0.316 e. The Bertz CT molecular complexity index is 413. The highest BCUT2D eigenvalue weighted by molar-refractivity contribution is 5.26. The second-order valence-electron chi connectivity index (χ2n) is 7.04. The number of benzene rings is 1. The molecule has 0 spiro atoms. The summed E-state index contributed by atoms with van der Waals surface area (Å²) in [5, 5.41) is 3.56. The summed E-state index contributed by atoms with van der Waals surface area (Å²) < 4.78 is 0. The quantitative estimate of drug-likeness (QED) is 0.855. The van der Waals surface area contributed by atoms with Crippen molar-refractivity contribution in [3.8, 4) is 0 Å². The van der Waals surface area contributed by atoms with Gasteiger partial charge >= 0.3 is 0 Å². The summed E-state index contributed by atoms with van der Waals surface area (Å²) in [6.45, 7) is 13.8. The third-order valence-corrected chi connectivity index (χ3v) is 4.85. The molecule has 1 saturated heterocycles. The molecule has 1 N–H and O–H groups in total. The molecule has 1 aromatic rings. The zero-order valence-corrected chi connectivity index (χ0v) is 13.6. The predicted octanol–water partition coefficient (Wildman–Crippen LogP) is 3.43. The zero-order valence-electron chi connectivity index (χ0n) is 13.6. The van der Waals surface area contributed by atoms with Crippen LogP contribution in [0.25, 0.3) is 0 Å². The number of nitrogens with one attached hydrogen (secondary N) is 1. The van der Waals surface area contributed by atoms with E-state index in [0.717, 1.165) is 19.6 Å². The minimum atomic E-state index is 0.179. The van der Waals surface area contributed by atoms with Crippen LogP contribution in [0.4, 0.5) is 0 Å². The maximum atomic E-state index is 3.56. The van der Waals surface area contributed by atoms with Crippen molar-refractivity contribution >= 4 is 0 Å². The van der Waals surface area contributed by atoms with Gasteiger partial charge < -0.3 is 5.32 Å². The Morgan fingerprint density at radius 3 is 2.50 bits per heavy atom. The lowest BCUT2D eigenvalue weighted by molar-refractivity contribution is 0.136. The van der Waals surface area contributed by atoms with Crippen LogP contribution in [-0.4, -0.2) is 36.6 Å². The zero-order chi connectivity index (χ0) is 14.6. The predicted molar refractivity (Wildman–Crippen MR) is 87.2 cm³/mol. The fourth-order valence-corrected chi connectivity index (χ4v) is 3.37. The van der Waals surface area contributed by atoms with E-state index < -0.39 is 0 Å². The molecule has 112 valence electrons. The molecule has 0 aliphatic carbocycles. The van der Waals surface area contributed by atoms with Crippen molar-refractivity contribution in [3.05, 3.63) is 35.9 Å². The second-order valence-corrected chi connectivity index (χ2v) is 7.04. The molecule has 0 aromatic heterocycles. The van der Waals surface area contributed by atoms with Gasteiger partial charge in [0.25, 0.3) is 0 Å². The maximum absolute atomic E-state index is 3.56. The van der Waals surface area contributed by atoms with Crippen molar-refractivity contribution in [2.45, 2.75) is 51.5 Å². The molecule has 1 aliphatic heterocycles. The van der Waals surface area contributed by atoms with E-state index >= 15 is 0 Å². The number of rotatable bonds is 6. The SMILES string of the molecule is CCNCC(C)(CN1CCCC1(C)C)c1ccccc1. The van der Waals surface area contributed by atoms with Gasteiger partial charge in [0.1, 0.15) is 0 Å². The lowest BCUT2D eigenvalue weighted by atomic mass is 9.81. The standard InChI is InChI=1S/C18H30N2/c1-5-19-14-18(4,16-10-7-6-8-11-16)15-20-13-9-12-17(20,2)3/h6-8,10-11,19H,5,9,12-15H2,1-4H3. The third kappa shape index (κ3) is 3.42. The van der Waals surface area contributed by atoms with Crippen LogP contribution in [0.3, 0.4) is 0 Å². The smallest absolute Gasteiger partial charge is 0.0177 e. The summed E-state index contributed by atoms with van der Waals surface area (Å²) in [6.07, 6.45) is 2.65. The van der Waals surface area contributed by atoms with Crippen molar-refractivity contribution in [1.29, 1.82) is 0 Å². The summed E-state index contributed by atoms with van der Waals surface area (Å²) >= 11 is 0. The Balaban J connectivity index is 2.19. The average Bonchev–Trinajstić information content (AvgIpc) is 2.76. The van der Waals surface area contributed by atoms with Crippen LogP contribution in [0.2, 0.25) is 0 Å². The summed E-state index contributed by atoms with van der Waals surface area (Å²) in [5.41, 5.74) is 1.98. The van der Waals surface area contributed by atoms with Crippen molar-refractivity contribution in [2.24, 2.45) is 0 Å². The van der Waals surface area contributed by atoms with Gasteiger partial charge in [-0.3, -0.25) is 4.90 Å². The number of nitrogens with zero attached hydrogens (tertiary/aromatic N) is 1. The molecular weight excluding hydrogens is 244 g/mol. The Labute approximate surface area is 124 Å². The van der Waals surface area contributed by atoms with Crippen LogP contribution in [0.1, 0.15) is 46.1 Å². The molecule has 1 fully saturated rings. The maximum Gasteiger partial charge on any atom is 0.0177 e. The van der Waals surface area contributed by atoms with Gasteiger partial charge in [0, 0.05) is 24.0 Å². The van der Waals surface area contributed by atoms with Crippen LogP contribution >= 0.6 is 0 Å². The molecule has 1 aliphatic rings. The van der Waals surface area contributed by atoms with Crippen LogP contribution < -0.4 is 5.32 Å². The van der Waals surface area contributed by atoms with Crippen molar-refractivity contribution in [1.82, 2.24) is 10.2 Å². The highest BCUT2D eigenvalue weighted by atomic mass is 15.2. The first-order valence-corrected chi connectivity index (χ1v) is 7.99. The number of hydrogen-bond donors (Lipinski definition) is 1. The first-order chi connectivity index (χ1) is 9.48. The van der Waals surface area contributed by atoms with Gasteiger partial charge in [0.2, 0.25) is 0 Å². The van der Waals surface area contributed by atoms with E-state index in [-0.39, 0.29) is 5.41 Å². The second kappa shape index (κ2) is 6.28. The normalized spacial score (nSPS) is 21.8. The molecule has 2 rings (SSSR count). The Morgan fingerprint density at radius 1 is 1.25 bits per heavy atom. The first-order valence-electron chi connectivity index (χ1n) is 7.99. The fourth-order valence-electron chi connectivity index (χ4n) is 3.37. The number of likely N-dealkylation sites (tertiary alicyclic amines) is 1. The lowest BCUT2D eigenvalue weighted by Gasteiger charge is -2.40. The van der Waals surface area contributed by atoms with E-state index in [1.54, 1.807) is 0 Å². The van der Waals surface area contributed by atoms with Gasteiger partial charge in [-0.15, -0.1) is 0 Å². The molecule has 2 heteroatoms. The monoisotopic (exact) mass is 274 g/mol. The molecule has 0 radical (unpaired) electrons. The highest BCUT2D eigenvalue weighted by Crippen LogP contribution is 2.33. The molecule has 1 heterocycles. The van der Waals surface area contributed by atoms with Crippen LogP contribution in [0, 0.1) is 0 Å². The van der Waals surface area contributed by atoms with Gasteiger partial charge in [-0.2, -0.15) is 0 Å². The summed E-state index contributed by atoms with van der Waals surface area (Å²) in [6, 6.07) is 11.0. The first kappa shape index (κ1) is 15.5. The summed E-state index contributed by atoms with van der Waals surface area (Å²) in [7, 11) is 0. The lowest BCUT2D eigenvalue weighted by Crippen LogP contribution is -2.50. The van der Waals surface area contributed by atoms with Crippen LogP contribution in [0.15, 0.2) is 30.3 Å². The van der Waals surface area contributed by atoms with E-state index in [2.05, 4.69) is 68.2 Å². The van der Waals surface area contributed by atoms with E-state index in [1.807, 2.05) is 0 Å². The summed E-state index contributed by atoms with van der Waals surface area (Å²) in [5.74, 6) is 0. The molecule has 20 heavy (non-hydrogen) atoms. The minimum Gasteiger partial charge on any atom is -0.316 e. The van der Waals surface area contributed by atoms with Crippen molar-refractivity contribution in [2.75, 3.05) is 26.2 Å². The van der Waals surface area contributed by atoms with E-state index in [1.165, 1.54) is 24.9 Å². The average molecular weight is 274 g/mol. The van der Waals surface area contributed by atoms with Gasteiger partial charge in [0.15, 0.2) is 0 Å². The molecule has 1 atom stereocenters. The summed E-state index contributed by atoms with van der Waals surface area (Å²) in [4.78, 5) is 2.68. The van der Waals surface area contributed by atoms with Crippen molar-refractivity contribution < 1.29 is 0 Å². The molecule has 0 saturated carbocycles. The minimum absolute atomic E-state index is 0.179. The van der Waals surface area contributed by atoms with Gasteiger partial charge in [-0.1, -0.05) is 44.2 Å². The highest BCUT2D eigenvalue weighted by Gasteiger charge is 2.37.